The molecule has 1 saturated carbocycles. The van der Waals surface area contributed by atoms with Gasteiger partial charge in [0.25, 0.3) is 0 Å². The number of carbonyl (C=O) groups excluding carboxylic acids is 2. The summed E-state index contributed by atoms with van der Waals surface area (Å²) < 4.78 is 12.9. The third-order valence-electron chi connectivity index (χ3n) is 4.27. The van der Waals surface area contributed by atoms with Crippen LogP contribution in [0.15, 0.2) is 24.3 Å². The highest BCUT2D eigenvalue weighted by molar-refractivity contribution is 6.22. The summed E-state index contributed by atoms with van der Waals surface area (Å²) in [5, 5.41) is 0. The van der Waals surface area contributed by atoms with Crippen molar-refractivity contribution in [3.8, 4) is 0 Å². The lowest BCUT2D eigenvalue weighted by Crippen LogP contribution is -2.30. The third-order valence-corrected chi connectivity index (χ3v) is 4.27. The van der Waals surface area contributed by atoms with E-state index < -0.39 is 0 Å². The number of carbonyl (C=O) groups is 2. The van der Waals surface area contributed by atoms with Crippen LogP contribution >= 0.6 is 0 Å². The number of hydrogen-bond acceptors (Lipinski definition) is 2. The molecule has 2 amide bonds. The Bertz CT molecular complexity index is 525. The number of halogens is 1. The van der Waals surface area contributed by atoms with E-state index >= 15 is 0 Å². The highest BCUT2D eigenvalue weighted by atomic mass is 19.1. The van der Waals surface area contributed by atoms with Crippen LogP contribution in [0.5, 0.6) is 0 Å². The van der Waals surface area contributed by atoms with Crippen molar-refractivity contribution in [2.75, 3.05) is 4.90 Å². The zero-order chi connectivity index (χ0) is 13.6. The van der Waals surface area contributed by atoms with Crippen molar-refractivity contribution >= 4 is 17.5 Å². The van der Waals surface area contributed by atoms with E-state index in [1.54, 1.807) is 0 Å². The summed E-state index contributed by atoms with van der Waals surface area (Å²) in [6, 6.07) is 5.54. The third kappa shape index (κ3) is 1.95. The molecule has 3 rings (SSSR count). The van der Waals surface area contributed by atoms with Crippen molar-refractivity contribution < 1.29 is 14.0 Å². The van der Waals surface area contributed by atoms with Crippen molar-refractivity contribution in [2.45, 2.75) is 26.2 Å². The lowest BCUT2D eigenvalue weighted by molar-refractivity contribution is -0.122. The molecule has 0 N–H and O–H groups in total. The number of anilines is 1. The monoisotopic (exact) mass is 261 g/mol. The number of benzene rings is 1. The fraction of sp³-hybridized carbons (Fsp3) is 0.467. The number of imide groups is 1. The van der Waals surface area contributed by atoms with E-state index in [1.807, 2.05) is 0 Å². The maximum atomic E-state index is 12.9. The van der Waals surface area contributed by atoms with Gasteiger partial charge in [0.05, 0.1) is 17.5 Å². The molecule has 3 nitrogen and oxygen atoms in total. The molecule has 3 atom stereocenters. The van der Waals surface area contributed by atoms with Crippen LogP contribution in [0.2, 0.25) is 0 Å². The summed E-state index contributed by atoms with van der Waals surface area (Å²) in [6.07, 6.45) is 2.57. The lowest BCUT2D eigenvalue weighted by atomic mass is 9.76. The molecule has 1 saturated heterocycles. The van der Waals surface area contributed by atoms with E-state index in [9.17, 15) is 14.0 Å². The lowest BCUT2D eigenvalue weighted by Gasteiger charge is -2.25. The molecule has 19 heavy (non-hydrogen) atoms. The van der Waals surface area contributed by atoms with Crippen molar-refractivity contribution in [1.82, 2.24) is 0 Å². The van der Waals surface area contributed by atoms with Crippen LogP contribution in [0.3, 0.4) is 0 Å². The quantitative estimate of drug-likeness (QED) is 0.729. The number of amides is 2. The Labute approximate surface area is 111 Å². The van der Waals surface area contributed by atoms with Crippen LogP contribution in [-0.2, 0) is 9.59 Å². The van der Waals surface area contributed by atoms with Crippen LogP contribution in [0.4, 0.5) is 10.1 Å². The van der Waals surface area contributed by atoms with Gasteiger partial charge in [-0.15, -0.1) is 0 Å². The standard InChI is InChI=1S/C15H16FNO2/c1-9-2-7-12-13(8-9)15(19)17(14(12)18)11-5-3-10(16)4-6-11/h3-6,9,12-13H,2,7-8H2,1H3. The molecule has 1 aromatic carbocycles. The molecule has 0 spiro atoms. The van der Waals surface area contributed by atoms with Crippen LogP contribution < -0.4 is 4.90 Å². The van der Waals surface area contributed by atoms with Gasteiger partial charge >= 0.3 is 0 Å². The first-order chi connectivity index (χ1) is 9.08. The number of hydrogen-bond donors (Lipinski definition) is 0. The van der Waals surface area contributed by atoms with Crippen LogP contribution in [0, 0.1) is 23.6 Å². The Morgan fingerprint density at radius 3 is 2.37 bits per heavy atom. The minimum absolute atomic E-state index is 0.117. The van der Waals surface area contributed by atoms with Gasteiger partial charge in [-0.1, -0.05) is 6.92 Å². The topological polar surface area (TPSA) is 37.4 Å². The average molecular weight is 261 g/mol. The van der Waals surface area contributed by atoms with Crippen molar-refractivity contribution in [2.24, 2.45) is 17.8 Å². The summed E-state index contributed by atoms with van der Waals surface area (Å²) in [4.78, 5) is 26.0. The minimum atomic E-state index is -0.367. The molecule has 100 valence electrons. The molecule has 2 fully saturated rings. The zero-order valence-electron chi connectivity index (χ0n) is 10.8. The van der Waals surface area contributed by atoms with Crippen LogP contribution in [0.1, 0.15) is 26.2 Å². The molecule has 3 unspecified atom stereocenters. The molecule has 0 radical (unpaired) electrons. The molecule has 1 aromatic rings. The molecule has 4 heteroatoms. The summed E-state index contributed by atoms with van der Waals surface area (Å²) >= 11 is 0. The maximum absolute atomic E-state index is 12.9. The summed E-state index contributed by atoms with van der Waals surface area (Å²) in [5.74, 6) is -0.461. The second kappa shape index (κ2) is 4.44. The molecular weight excluding hydrogens is 245 g/mol. The van der Waals surface area contributed by atoms with Gasteiger partial charge in [-0.05, 0) is 49.4 Å². The van der Waals surface area contributed by atoms with Gasteiger partial charge in [0.1, 0.15) is 5.82 Å². The number of fused-ring (bicyclic) bond motifs is 1. The molecule has 0 aromatic heterocycles. The maximum Gasteiger partial charge on any atom is 0.237 e. The highest BCUT2D eigenvalue weighted by Gasteiger charge is 2.49. The Kier molecular flexibility index (Phi) is 2.88. The predicted molar refractivity (Wildman–Crippen MR) is 68.9 cm³/mol. The molecular formula is C15H16FNO2. The normalized spacial score (nSPS) is 30.6. The van der Waals surface area contributed by atoms with Gasteiger partial charge in [-0.3, -0.25) is 14.5 Å². The first kappa shape index (κ1) is 12.3. The van der Waals surface area contributed by atoms with E-state index in [-0.39, 0.29) is 29.5 Å². The van der Waals surface area contributed by atoms with E-state index in [4.69, 9.17) is 0 Å². The van der Waals surface area contributed by atoms with E-state index in [0.717, 1.165) is 19.3 Å². The Hall–Kier alpha value is -1.71. The van der Waals surface area contributed by atoms with Gasteiger partial charge in [-0.2, -0.15) is 0 Å². The molecule has 2 aliphatic rings. The first-order valence-corrected chi connectivity index (χ1v) is 6.71. The SMILES string of the molecule is CC1CCC2C(=O)N(c3ccc(F)cc3)C(=O)C2C1. The minimum Gasteiger partial charge on any atom is -0.274 e. The Morgan fingerprint density at radius 2 is 1.68 bits per heavy atom. The van der Waals surface area contributed by atoms with Crippen molar-refractivity contribution in [3.63, 3.8) is 0 Å². The van der Waals surface area contributed by atoms with Crippen molar-refractivity contribution in [3.05, 3.63) is 30.1 Å². The predicted octanol–water partition coefficient (Wildman–Crippen LogP) is 2.75. The van der Waals surface area contributed by atoms with Crippen LogP contribution in [-0.4, -0.2) is 11.8 Å². The van der Waals surface area contributed by atoms with Crippen LogP contribution in [0.25, 0.3) is 0 Å². The molecule has 1 heterocycles. The zero-order valence-corrected chi connectivity index (χ0v) is 10.8. The fourth-order valence-corrected chi connectivity index (χ4v) is 3.23. The van der Waals surface area contributed by atoms with Gasteiger partial charge in [-0.25, -0.2) is 4.39 Å². The van der Waals surface area contributed by atoms with Crippen molar-refractivity contribution in [1.29, 1.82) is 0 Å². The van der Waals surface area contributed by atoms with Gasteiger partial charge in [0.2, 0.25) is 11.8 Å². The van der Waals surface area contributed by atoms with E-state index in [0.29, 0.717) is 11.6 Å². The fourth-order valence-electron chi connectivity index (χ4n) is 3.23. The largest absolute Gasteiger partial charge is 0.274 e. The van der Waals surface area contributed by atoms with Gasteiger partial charge in [0.15, 0.2) is 0 Å². The van der Waals surface area contributed by atoms with Gasteiger partial charge < -0.3 is 0 Å². The molecule has 0 bridgehead atoms. The Morgan fingerprint density at radius 1 is 1.05 bits per heavy atom. The van der Waals surface area contributed by atoms with E-state index in [2.05, 4.69) is 6.92 Å². The summed E-state index contributed by atoms with van der Waals surface area (Å²) in [7, 11) is 0. The highest BCUT2D eigenvalue weighted by Crippen LogP contribution is 2.42. The summed E-state index contributed by atoms with van der Waals surface area (Å²) in [5.41, 5.74) is 0.485. The van der Waals surface area contributed by atoms with Gasteiger partial charge in [0, 0.05) is 0 Å². The number of nitrogens with zero attached hydrogens (tertiary/aromatic N) is 1. The second-order valence-electron chi connectivity index (χ2n) is 5.62. The summed E-state index contributed by atoms with van der Waals surface area (Å²) in [6.45, 7) is 2.12. The molecule has 1 aliphatic carbocycles. The average Bonchev–Trinajstić information content (AvgIpc) is 2.63. The molecule has 1 aliphatic heterocycles. The Balaban J connectivity index is 1.93. The second-order valence-corrected chi connectivity index (χ2v) is 5.62. The smallest absolute Gasteiger partial charge is 0.237 e. The first-order valence-electron chi connectivity index (χ1n) is 6.71. The number of rotatable bonds is 1. The van der Waals surface area contributed by atoms with E-state index in [1.165, 1.54) is 29.2 Å².